The first-order valence-electron chi connectivity index (χ1n) is 5.75. The number of rotatable bonds is 4. The highest BCUT2D eigenvalue weighted by Gasteiger charge is 2.44. The van der Waals surface area contributed by atoms with E-state index in [0.717, 1.165) is 6.20 Å². The third-order valence-electron chi connectivity index (χ3n) is 2.67. The van der Waals surface area contributed by atoms with Crippen molar-refractivity contribution in [1.82, 2.24) is 10.2 Å². The summed E-state index contributed by atoms with van der Waals surface area (Å²) in [5.41, 5.74) is -0.0654. The largest absolute Gasteiger partial charge is 0.362 e. The number of benzene rings is 1. The first kappa shape index (κ1) is 20.0. The lowest BCUT2D eigenvalue weighted by molar-refractivity contribution is 0.469. The molecule has 0 saturated carbocycles. The van der Waals surface area contributed by atoms with E-state index in [1.54, 1.807) is 0 Å². The third kappa shape index (κ3) is 3.90. The highest BCUT2D eigenvalue weighted by Crippen LogP contribution is 2.37. The number of thiocarbonyl (C=S) groups is 1. The van der Waals surface area contributed by atoms with E-state index in [2.05, 4.69) is 15.5 Å². The number of hydrogen-bond acceptors (Lipinski definition) is 4. The van der Waals surface area contributed by atoms with Gasteiger partial charge in [-0.3, -0.25) is 5.10 Å². The molecule has 0 aliphatic heterocycles. The van der Waals surface area contributed by atoms with Gasteiger partial charge in [0.2, 0.25) is 9.84 Å². The maximum atomic E-state index is 13.6. The first-order valence-corrected chi connectivity index (χ1v) is 9.54. The molecule has 5 nitrogen and oxygen atoms in total. The van der Waals surface area contributed by atoms with Crippen LogP contribution in [0.2, 0.25) is 15.1 Å². The van der Waals surface area contributed by atoms with E-state index in [1.165, 1.54) is 12.1 Å². The van der Waals surface area contributed by atoms with Crippen LogP contribution in [-0.2, 0) is 9.84 Å². The fraction of sp³-hybridized carbons (Fsp3) is 0.0909. The minimum Gasteiger partial charge on any atom is -0.342 e. The summed E-state index contributed by atoms with van der Waals surface area (Å²) in [7, 11) is -4.77. The van der Waals surface area contributed by atoms with E-state index in [4.69, 9.17) is 70.2 Å². The average Bonchev–Trinajstić information content (AvgIpc) is 2.91. The van der Waals surface area contributed by atoms with Crippen LogP contribution in [0.1, 0.15) is 5.69 Å². The lowest BCUT2D eigenvalue weighted by Crippen LogP contribution is -2.24. The third-order valence-corrected chi connectivity index (χ3v) is 6.51. The molecule has 24 heavy (non-hydrogen) atoms. The van der Waals surface area contributed by atoms with Gasteiger partial charge in [0.25, 0.3) is 0 Å². The minimum absolute atomic E-state index is 0.133. The smallest absolute Gasteiger partial charge is 0.342 e. The van der Waals surface area contributed by atoms with E-state index in [-0.39, 0.29) is 31.4 Å². The second-order valence-corrected chi connectivity index (χ2v) is 9.61. The zero-order valence-electron chi connectivity index (χ0n) is 11.1. The predicted octanol–water partition coefficient (Wildman–Crippen LogP) is 4.99. The van der Waals surface area contributed by atoms with E-state index < -0.39 is 18.7 Å². The Balaban J connectivity index is 2.43. The molecule has 0 aliphatic rings. The van der Waals surface area contributed by atoms with E-state index in [1.807, 2.05) is 0 Å². The van der Waals surface area contributed by atoms with Crippen molar-refractivity contribution < 1.29 is 12.8 Å². The summed E-state index contributed by atoms with van der Waals surface area (Å²) >= 11 is 33.0. The van der Waals surface area contributed by atoms with Crippen LogP contribution in [0.3, 0.4) is 0 Å². The number of alkyl halides is 3. The molecule has 1 heterocycles. The molecular weight excluding hydrogens is 467 g/mol. The molecule has 130 valence electrons. The second-order valence-electron chi connectivity index (χ2n) is 4.26. The number of halogens is 6. The first-order chi connectivity index (χ1) is 10.9. The molecule has 2 aromatic rings. The number of anilines is 1. The molecule has 0 atom stereocenters. The Hall–Kier alpha value is -0.350. The Morgan fingerprint density at radius 1 is 1.25 bits per heavy atom. The summed E-state index contributed by atoms with van der Waals surface area (Å²) < 4.78 is 34.0. The van der Waals surface area contributed by atoms with Crippen LogP contribution >= 0.6 is 70.2 Å². The van der Waals surface area contributed by atoms with E-state index in [9.17, 15) is 12.8 Å². The number of nitrogens with one attached hydrogen (secondary N) is 2. The lowest BCUT2D eigenvalue weighted by Gasteiger charge is -2.14. The molecule has 0 aliphatic carbocycles. The van der Waals surface area contributed by atoms with Crippen LogP contribution in [0.5, 0.6) is 0 Å². The van der Waals surface area contributed by atoms with E-state index in [0.29, 0.717) is 0 Å². The Bertz CT molecular complexity index is 888. The molecule has 2 N–H and O–H groups in total. The number of aromatic nitrogens is 2. The van der Waals surface area contributed by atoms with Crippen LogP contribution in [0.15, 0.2) is 23.2 Å². The van der Waals surface area contributed by atoms with Crippen molar-refractivity contribution in [3.63, 3.8) is 0 Å². The number of nitrogens with zero attached hydrogens (tertiary/aromatic N) is 1. The monoisotopic (exact) mass is 469 g/mol. The Labute approximate surface area is 166 Å². The average molecular weight is 472 g/mol. The standard InChI is InChI=1S/C11H5Cl5FN3O2S2/c12-4-1-5(13)8(6(14)2-4)19-10(23)9-7(3-18-20-9)24(21,22)11(15,16)17/h1-3H,(H,18,20)(H,19,23). The van der Waals surface area contributed by atoms with Crippen molar-refractivity contribution in [2.24, 2.45) is 0 Å². The summed E-state index contributed by atoms with van der Waals surface area (Å²) in [6, 6.07) is 2.79. The summed E-state index contributed by atoms with van der Waals surface area (Å²) in [6.45, 7) is 0. The van der Waals surface area contributed by atoms with E-state index >= 15 is 0 Å². The van der Waals surface area contributed by atoms with Gasteiger partial charge < -0.3 is 5.32 Å². The summed E-state index contributed by atoms with van der Waals surface area (Å²) in [5.74, 6) is 0. The highest BCUT2D eigenvalue weighted by atomic mass is 35.5. The molecule has 0 saturated heterocycles. The second kappa shape index (κ2) is 7.11. The molecule has 0 unspecified atom stereocenters. The van der Waals surface area contributed by atoms with Crippen LogP contribution in [0.25, 0.3) is 0 Å². The van der Waals surface area contributed by atoms with Crippen molar-refractivity contribution in [3.8, 4) is 0 Å². The SMILES string of the molecule is O=S(=O)(c1cn[nH]c1C(=S)Nc1c(Cl)cc(Cl)cc1Cl)C(F)(Cl)Cl. The Morgan fingerprint density at radius 3 is 2.29 bits per heavy atom. The zero-order chi connectivity index (χ0) is 18.3. The molecule has 13 heteroatoms. The van der Waals surface area contributed by atoms with Gasteiger partial charge in [-0.2, -0.15) is 9.49 Å². The van der Waals surface area contributed by atoms with Crippen molar-refractivity contribution in [2.75, 3.05) is 5.32 Å². The van der Waals surface area contributed by atoms with Crippen LogP contribution in [0, 0.1) is 0 Å². The van der Waals surface area contributed by atoms with Crippen LogP contribution < -0.4 is 5.32 Å². The molecule has 0 radical (unpaired) electrons. The summed E-state index contributed by atoms with van der Waals surface area (Å²) in [5, 5.41) is 9.04. The van der Waals surface area contributed by atoms with Gasteiger partial charge in [0.05, 0.1) is 21.9 Å². The van der Waals surface area contributed by atoms with Gasteiger partial charge in [-0.05, 0) is 35.3 Å². The molecule has 0 fully saturated rings. The predicted molar refractivity (Wildman–Crippen MR) is 98.1 cm³/mol. The Kier molecular flexibility index (Phi) is 5.91. The van der Waals surface area contributed by atoms with Crippen molar-refractivity contribution >= 4 is 90.7 Å². The van der Waals surface area contributed by atoms with Crippen molar-refractivity contribution in [3.05, 3.63) is 39.1 Å². The number of aromatic amines is 1. The maximum absolute atomic E-state index is 13.6. The van der Waals surface area contributed by atoms with Gasteiger partial charge in [0, 0.05) is 5.02 Å². The normalized spacial score (nSPS) is 12.2. The number of sulfone groups is 1. The van der Waals surface area contributed by atoms with Gasteiger partial charge in [-0.15, -0.1) is 0 Å². The fourth-order valence-electron chi connectivity index (χ4n) is 1.60. The van der Waals surface area contributed by atoms with Gasteiger partial charge in [-0.25, -0.2) is 8.42 Å². The molecule has 0 bridgehead atoms. The van der Waals surface area contributed by atoms with Crippen LogP contribution in [-0.4, -0.2) is 27.5 Å². The van der Waals surface area contributed by atoms with Crippen molar-refractivity contribution in [1.29, 1.82) is 0 Å². The summed E-state index contributed by atoms with van der Waals surface area (Å²) in [4.78, 5) is -0.816. The topological polar surface area (TPSA) is 74.8 Å². The quantitative estimate of drug-likeness (QED) is 0.485. The molecular formula is C11H5Cl5FN3O2S2. The zero-order valence-corrected chi connectivity index (χ0v) is 16.5. The summed E-state index contributed by atoms with van der Waals surface area (Å²) in [6.07, 6.45) is 0.822. The van der Waals surface area contributed by atoms with Gasteiger partial charge in [0.1, 0.15) is 15.6 Å². The highest BCUT2D eigenvalue weighted by molar-refractivity contribution is 7.95. The molecule has 0 spiro atoms. The van der Waals surface area contributed by atoms with Gasteiger partial charge in [0.15, 0.2) is 0 Å². The molecule has 0 amide bonds. The Morgan fingerprint density at radius 2 is 1.79 bits per heavy atom. The number of hydrogen-bond donors (Lipinski definition) is 2. The van der Waals surface area contributed by atoms with Gasteiger partial charge >= 0.3 is 3.92 Å². The molecule has 1 aromatic carbocycles. The number of H-pyrrole nitrogens is 1. The maximum Gasteiger partial charge on any atom is 0.362 e. The lowest BCUT2D eigenvalue weighted by atomic mass is 10.3. The molecule has 2 rings (SSSR count). The minimum atomic E-state index is -4.77. The fourth-order valence-corrected chi connectivity index (χ4v) is 4.19. The van der Waals surface area contributed by atoms with Gasteiger partial charge in [-0.1, -0.05) is 47.0 Å². The van der Waals surface area contributed by atoms with Crippen molar-refractivity contribution in [2.45, 2.75) is 8.81 Å². The molecule has 1 aromatic heterocycles. The van der Waals surface area contributed by atoms with Crippen LogP contribution in [0.4, 0.5) is 10.1 Å².